The molecule has 0 radical (unpaired) electrons. The monoisotopic (exact) mass is 363 g/mol. The number of nitrogens with zero attached hydrogens (tertiary/aromatic N) is 1. The normalized spacial score (nSPS) is 24.5. The first-order valence-corrected chi connectivity index (χ1v) is 9.91. The molecule has 0 bridgehead atoms. The number of rotatable bonds is 4. The van der Waals surface area contributed by atoms with Gasteiger partial charge in [-0.2, -0.15) is 0 Å². The van der Waals surface area contributed by atoms with Gasteiger partial charge in [0.25, 0.3) is 0 Å². The van der Waals surface area contributed by atoms with Crippen molar-refractivity contribution in [2.24, 2.45) is 0 Å². The molecule has 2 aliphatic rings. The maximum atomic E-state index is 13.3. The standard InChI is InChI=1S/C20H29NO3S/c1-19(2)18(24-4)21(20(25-19)11-6-5-7-12-20)17(22)14-15-9-8-10-16(13-15)23-3/h8-10,13,18H,5-7,11-12,14H2,1-4H3/t18-/m0/s1. The molecule has 2 fully saturated rings. The van der Waals surface area contributed by atoms with Crippen LogP contribution in [0, 0.1) is 0 Å². The Morgan fingerprint density at radius 1 is 1.24 bits per heavy atom. The zero-order valence-electron chi connectivity index (χ0n) is 15.7. The molecule has 1 heterocycles. The van der Waals surface area contributed by atoms with Crippen LogP contribution in [0.5, 0.6) is 5.75 Å². The highest BCUT2D eigenvalue weighted by Crippen LogP contribution is 2.57. The molecule has 0 unspecified atom stereocenters. The molecule has 1 spiro atoms. The largest absolute Gasteiger partial charge is 0.497 e. The molecule has 138 valence electrons. The second-order valence-corrected chi connectivity index (χ2v) is 9.61. The summed E-state index contributed by atoms with van der Waals surface area (Å²) in [6.07, 6.45) is 5.95. The van der Waals surface area contributed by atoms with Crippen molar-refractivity contribution < 1.29 is 14.3 Å². The van der Waals surface area contributed by atoms with Crippen LogP contribution in [0.15, 0.2) is 24.3 Å². The molecule has 0 aromatic heterocycles. The highest BCUT2D eigenvalue weighted by molar-refractivity contribution is 8.02. The van der Waals surface area contributed by atoms with Crippen LogP contribution in [0.4, 0.5) is 0 Å². The van der Waals surface area contributed by atoms with E-state index in [0.29, 0.717) is 6.42 Å². The Balaban J connectivity index is 1.88. The maximum Gasteiger partial charge on any atom is 0.230 e. The zero-order valence-corrected chi connectivity index (χ0v) is 16.5. The van der Waals surface area contributed by atoms with E-state index >= 15 is 0 Å². The first kappa shape index (κ1) is 18.6. The fourth-order valence-corrected chi connectivity index (χ4v) is 6.42. The number of amides is 1. The minimum Gasteiger partial charge on any atom is -0.497 e. The molecular weight excluding hydrogens is 334 g/mol. The average Bonchev–Trinajstić information content (AvgIpc) is 2.81. The van der Waals surface area contributed by atoms with Crippen LogP contribution in [0.1, 0.15) is 51.5 Å². The Labute approximate surface area is 155 Å². The van der Waals surface area contributed by atoms with E-state index in [1.54, 1.807) is 14.2 Å². The van der Waals surface area contributed by atoms with Gasteiger partial charge in [0.15, 0.2) is 0 Å². The number of ether oxygens (including phenoxy) is 2. The van der Waals surface area contributed by atoms with Gasteiger partial charge in [0, 0.05) is 7.11 Å². The Hall–Kier alpha value is -1.20. The number of carbonyl (C=O) groups is 1. The number of benzene rings is 1. The molecule has 1 aliphatic heterocycles. The minimum absolute atomic E-state index is 0.101. The van der Waals surface area contributed by atoms with Crippen molar-refractivity contribution in [3.63, 3.8) is 0 Å². The van der Waals surface area contributed by atoms with Crippen molar-refractivity contribution in [1.29, 1.82) is 0 Å². The second kappa shape index (κ2) is 7.20. The number of hydrogen-bond donors (Lipinski definition) is 0. The zero-order chi connectivity index (χ0) is 18.1. The predicted octanol–water partition coefficient (Wildman–Crippen LogP) is 4.22. The summed E-state index contributed by atoms with van der Waals surface area (Å²) in [7, 11) is 3.37. The van der Waals surface area contributed by atoms with Crippen LogP contribution in [0.3, 0.4) is 0 Å². The third-order valence-corrected chi connectivity index (χ3v) is 7.05. The quantitative estimate of drug-likeness (QED) is 0.803. The molecule has 0 N–H and O–H groups in total. The summed E-state index contributed by atoms with van der Waals surface area (Å²) >= 11 is 1.93. The SMILES string of the molecule is COc1cccc(CC(=O)N2[C@@H](OC)C(C)(C)SC23CCCCC3)c1. The van der Waals surface area contributed by atoms with Gasteiger partial charge in [0.05, 0.1) is 23.1 Å². The van der Waals surface area contributed by atoms with E-state index in [1.165, 1.54) is 19.3 Å². The fourth-order valence-electron chi connectivity index (χ4n) is 4.35. The van der Waals surface area contributed by atoms with E-state index < -0.39 is 0 Å². The highest BCUT2D eigenvalue weighted by atomic mass is 32.2. The molecule has 4 nitrogen and oxygen atoms in total. The third kappa shape index (κ3) is 3.54. The number of hydrogen-bond acceptors (Lipinski definition) is 4. The summed E-state index contributed by atoms with van der Waals surface area (Å²) in [6, 6.07) is 7.78. The number of methoxy groups -OCH3 is 2. The molecule has 1 aromatic carbocycles. The molecule has 1 aromatic rings. The van der Waals surface area contributed by atoms with E-state index in [9.17, 15) is 4.79 Å². The summed E-state index contributed by atoms with van der Waals surface area (Å²) < 4.78 is 11.0. The predicted molar refractivity (Wildman–Crippen MR) is 102 cm³/mol. The Morgan fingerprint density at radius 2 is 1.96 bits per heavy atom. The topological polar surface area (TPSA) is 38.8 Å². The van der Waals surface area contributed by atoms with Crippen molar-refractivity contribution in [3.05, 3.63) is 29.8 Å². The van der Waals surface area contributed by atoms with Gasteiger partial charge in [-0.3, -0.25) is 4.79 Å². The average molecular weight is 364 g/mol. The van der Waals surface area contributed by atoms with Crippen LogP contribution in [0.2, 0.25) is 0 Å². The van der Waals surface area contributed by atoms with E-state index in [0.717, 1.165) is 24.2 Å². The molecule has 3 rings (SSSR count). The summed E-state index contributed by atoms with van der Waals surface area (Å²) in [5.74, 6) is 0.942. The minimum atomic E-state index is -0.186. The lowest BCUT2D eigenvalue weighted by Crippen LogP contribution is -2.53. The lowest BCUT2D eigenvalue weighted by molar-refractivity contribution is -0.151. The molecule has 1 aliphatic carbocycles. The summed E-state index contributed by atoms with van der Waals surface area (Å²) in [6.45, 7) is 4.39. The molecule has 1 atom stereocenters. The van der Waals surface area contributed by atoms with Crippen LogP contribution < -0.4 is 4.74 Å². The summed E-state index contributed by atoms with van der Waals surface area (Å²) in [5.41, 5.74) is 0.986. The highest BCUT2D eigenvalue weighted by Gasteiger charge is 2.58. The van der Waals surface area contributed by atoms with Gasteiger partial charge >= 0.3 is 0 Å². The summed E-state index contributed by atoms with van der Waals surface area (Å²) in [4.78, 5) is 15.3. The van der Waals surface area contributed by atoms with Crippen molar-refractivity contribution in [3.8, 4) is 5.75 Å². The van der Waals surface area contributed by atoms with Gasteiger partial charge in [-0.25, -0.2) is 0 Å². The van der Waals surface area contributed by atoms with Crippen molar-refractivity contribution in [1.82, 2.24) is 4.90 Å². The van der Waals surface area contributed by atoms with E-state index in [1.807, 2.05) is 36.0 Å². The number of carbonyl (C=O) groups excluding carboxylic acids is 1. The van der Waals surface area contributed by atoms with Crippen LogP contribution in [0.25, 0.3) is 0 Å². The molecule has 25 heavy (non-hydrogen) atoms. The fraction of sp³-hybridized carbons (Fsp3) is 0.650. The van der Waals surface area contributed by atoms with Crippen LogP contribution >= 0.6 is 11.8 Å². The first-order chi connectivity index (χ1) is 11.9. The second-order valence-electron chi connectivity index (χ2n) is 7.59. The lowest BCUT2D eigenvalue weighted by Gasteiger charge is -2.42. The van der Waals surface area contributed by atoms with Gasteiger partial charge in [-0.15, -0.1) is 11.8 Å². The molecule has 1 amide bonds. The van der Waals surface area contributed by atoms with Crippen molar-refractivity contribution in [2.45, 2.75) is 68.2 Å². The molecular formula is C20H29NO3S. The van der Waals surface area contributed by atoms with Crippen LogP contribution in [-0.4, -0.2) is 40.9 Å². The van der Waals surface area contributed by atoms with Crippen molar-refractivity contribution in [2.75, 3.05) is 14.2 Å². The molecule has 1 saturated heterocycles. The van der Waals surface area contributed by atoms with E-state index in [-0.39, 0.29) is 21.8 Å². The van der Waals surface area contributed by atoms with E-state index in [4.69, 9.17) is 9.47 Å². The molecule has 1 saturated carbocycles. The van der Waals surface area contributed by atoms with Gasteiger partial charge < -0.3 is 14.4 Å². The summed E-state index contributed by atoms with van der Waals surface area (Å²) in [5, 5.41) is 0. The first-order valence-electron chi connectivity index (χ1n) is 9.10. The van der Waals surface area contributed by atoms with Gasteiger partial charge in [0.1, 0.15) is 12.0 Å². The van der Waals surface area contributed by atoms with E-state index in [2.05, 4.69) is 18.7 Å². The van der Waals surface area contributed by atoms with Crippen LogP contribution in [-0.2, 0) is 16.0 Å². The Morgan fingerprint density at radius 3 is 2.60 bits per heavy atom. The smallest absolute Gasteiger partial charge is 0.230 e. The lowest BCUT2D eigenvalue weighted by atomic mass is 9.92. The Bertz CT molecular complexity index is 625. The van der Waals surface area contributed by atoms with Crippen molar-refractivity contribution >= 4 is 17.7 Å². The third-order valence-electron chi connectivity index (χ3n) is 5.34. The van der Waals surface area contributed by atoms with Gasteiger partial charge in [-0.1, -0.05) is 31.4 Å². The Kier molecular flexibility index (Phi) is 5.35. The number of thioether (sulfide) groups is 1. The van der Waals surface area contributed by atoms with Gasteiger partial charge in [-0.05, 0) is 44.4 Å². The maximum absolute atomic E-state index is 13.3. The van der Waals surface area contributed by atoms with Gasteiger partial charge in [0.2, 0.25) is 5.91 Å². The molecule has 5 heteroatoms.